The zero-order valence-electron chi connectivity index (χ0n) is 19.2. The van der Waals surface area contributed by atoms with Crippen molar-refractivity contribution in [1.82, 2.24) is 19.6 Å². The van der Waals surface area contributed by atoms with E-state index in [9.17, 15) is 9.59 Å². The van der Waals surface area contributed by atoms with Crippen LogP contribution in [0.15, 0.2) is 30.5 Å². The van der Waals surface area contributed by atoms with Gasteiger partial charge in [0.25, 0.3) is 5.91 Å². The van der Waals surface area contributed by atoms with Gasteiger partial charge in [0.1, 0.15) is 17.3 Å². The van der Waals surface area contributed by atoms with E-state index in [1.807, 2.05) is 19.1 Å². The number of benzene rings is 1. The van der Waals surface area contributed by atoms with Crippen LogP contribution in [0.25, 0.3) is 16.9 Å². The zero-order valence-corrected chi connectivity index (χ0v) is 19.2. The number of amides is 2. The summed E-state index contributed by atoms with van der Waals surface area (Å²) < 4.78 is 43.0. The van der Waals surface area contributed by atoms with Crippen LogP contribution in [-0.4, -0.2) is 65.7 Å². The van der Waals surface area contributed by atoms with Crippen molar-refractivity contribution in [2.45, 2.75) is 26.4 Å². The van der Waals surface area contributed by atoms with E-state index in [4.69, 9.17) is 9.47 Å². The van der Waals surface area contributed by atoms with Gasteiger partial charge in [-0.1, -0.05) is 0 Å². The molecular weight excluding hydrogens is 446 g/mol. The zero-order chi connectivity index (χ0) is 24.4. The van der Waals surface area contributed by atoms with Gasteiger partial charge in [-0.3, -0.25) is 4.79 Å². The van der Waals surface area contributed by atoms with E-state index >= 15 is 8.78 Å². The lowest BCUT2D eigenvalue weighted by molar-refractivity contribution is -0.0262. The van der Waals surface area contributed by atoms with Crippen molar-refractivity contribution in [3.8, 4) is 11.3 Å². The van der Waals surface area contributed by atoms with E-state index in [2.05, 4.69) is 10.3 Å². The molecule has 0 saturated carbocycles. The molecule has 180 valence electrons. The number of aryl methyl sites for hydroxylation is 1. The maximum Gasteiger partial charge on any atom is 0.409 e. The lowest BCUT2D eigenvalue weighted by Gasteiger charge is -2.32. The fourth-order valence-corrected chi connectivity index (χ4v) is 4.11. The standard InChI is InChI=1S/C24H26F2N4O4/c1-4-33-24(32)29-7-8-34-16(13-29)12-19-22(28-20-9-14(2)5-6-30(19)20)21-17(25)10-15(11-18(21)26)23(31)27-3/h5-6,9-11,16H,4,7-8,12-13H2,1-3H3,(H,27,31)/t16-/m0/s1. The molecular formula is C24H26F2N4O4. The van der Waals surface area contributed by atoms with E-state index in [0.29, 0.717) is 24.5 Å². The van der Waals surface area contributed by atoms with Crippen molar-refractivity contribution in [3.05, 3.63) is 58.9 Å². The largest absolute Gasteiger partial charge is 0.450 e. The van der Waals surface area contributed by atoms with Crippen LogP contribution in [0.3, 0.4) is 0 Å². The topological polar surface area (TPSA) is 85.2 Å². The number of hydrogen-bond acceptors (Lipinski definition) is 5. The summed E-state index contributed by atoms with van der Waals surface area (Å²) in [5, 5.41) is 2.36. The Balaban J connectivity index is 1.76. The summed E-state index contributed by atoms with van der Waals surface area (Å²) in [6.45, 7) is 4.90. The van der Waals surface area contributed by atoms with E-state index in [0.717, 1.165) is 17.7 Å². The number of halogens is 2. The summed E-state index contributed by atoms with van der Waals surface area (Å²) in [6.07, 6.45) is 1.20. The Morgan fingerprint density at radius 1 is 1.26 bits per heavy atom. The van der Waals surface area contributed by atoms with Gasteiger partial charge < -0.3 is 24.1 Å². The van der Waals surface area contributed by atoms with Gasteiger partial charge in [0, 0.05) is 31.8 Å². The molecule has 1 atom stereocenters. The highest BCUT2D eigenvalue weighted by molar-refractivity contribution is 5.94. The van der Waals surface area contributed by atoms with Crippen molar-refractivity contribution < 1.29 is 27.8 Å². The molecule has 1 fully saturated rings. The molecule has 0 unspecified atom stereocenters. The molecule has 0 bridgehead atoms. The predicted octanol–water partition coefficient (Wildman–Crippen LogP) is 3.35. The van der Waals surface area contributed by atoms with Gasteiger partial charge in [-0.15, -0.1) is 0 Å². The smallest absolute Gasteiger partial charge is 0.409 e. The lowest BCUT2D eigenvalue weighted by atomic mass is 10.0. The number of carbonyl (C=O) groups is 2. The Kier molecular flexibility index (Phi) is 6.78. The molecule has 4 rings (SSSR count). The third kappa shape index (κ3) is 4.58. The highest BCUT2D eigenvalue weighted by Crippen LogP contribution is 2.32. The SMILES string of the molecule is CCOC(=O)N1CCO[C@@H](Cc2c(-c3c(F)cc(C(=O)NC)cc3F)nc3cc(C)ccn23)C1. The van der Waals surface area contributed by atoms with Crippen molar-refractivity contribution in [1.29, 1.82) is 0 Å². The second kappa shape index (κ2) is 9.76. The summed E-state index contributed by atoms with van der Waals surface area (Å²) in [7, 11) is 1.39. The van der Waals surface area contributed by atoms with Crippen LogP contribution in [0.1, 0.15) is 28.5 Å². The monoisotopic (exact) mass is 472 g/mol. The maximum absolute atomic E-state index is 15.1. The van der Waals surface area contributed by atoms with Crippen molar-refractivity contribution in [3.63, 3.8) is 0 Å². The third-order valence-electron chi connectivity index (χ3n) is 5.73. The molecule has 1 aliphatic heterocycles. The number of pyridine rings is 1. The molecule has 10 heteroatoms. The van der Waals surface area contributed by atoms with Gasteiger partial charge in [0.05, 0.1) is 42.8 Å². The molecule has 3 heterocycles. The van der Waals surface area contributed by atoms with E-state index < -0.39 is 29.7 Å². The van der Waals surface area contributed by atoms with Crippen LogP contribution in [0.2, 0.25) is 0 Å². The number of carbonyl (C=O) groups excluding carboxylic acids is 2. The molecule has 3 aromatic rings. The fraction of sp³-hybridized carbons (Fsp3) is 0.375. The minimum absolute atomic E-state index is 0.122. The summed E-state index contributed by atoms with van der Waals surface area (Å²) in [5.74, 6) is -2.37. The number of hydrogen-bond donors (Lipinski definition) is 1. The average molecular weight is 472 g/mol. The number of nitrogens with zero attached hydrogens (tertiary/aromatic N) is 3. The molecule has 1 aliphatic rings. The fourth-order valence-electron chi connectivity index (χ4n) is 4.11. The van der Waals surface area contributed by atoms with Crippen LogP contribution < -0.4 is 5.32 Å². The second-order valence-electron chi connectivity index (χ2n) is 8.08. The van der Waals surface area contributed by atoms with Gasteiger partial charge in [-0.05, 0) is 43.7 Å². The Labute approximate surface area is 195 Å². The van der Waals surface area contributed by atoms with Gasteiger partial charge in [-0.2, -0.15) is 0 Å². The lowest BCUT2D eigenvalue weighted by Crippen LogP contribution is -2.46. The van der Waals surface area contributed by atoms with E-state index in [-0.39, 0.29) is 36.4 Å². The number of morpholine rings is 1. The van der Waals surface area contributed by atoms with Crippen LogP contribution >= 0.6 is 0 Å². The molecule has 2 aromatic heterocycles. The number of imidazole rings is 1. The number of fused-ring (bicyclic) bond motifs is 1. The quantitative estimate of drug-likeness (QED) is 0.616. The predicted molar refractivity (Wildman–Crippen MR) is 121 cm³/mol. The Hall–Kier alpha value is -3.53. The van der Waals surface area contributed by atoms with Gasteiger partial charge in [0.15, 0.2) is 0 Å². The highest BCUT2D eigenvalue weighted by atomic mass is 19.1. The summed E-state index contributed by atoms with van der Waals surface area (Å²) in [4.78, 5) is 30.2. The Morgan fingerprint density at radius 2 is 2.00 bits per heavy atom. The Bertz CT molecular complexity index is 1220. The first-order valence-corrected chi connectivity index (χ1v) is 11.0. The number of aromatic nitrogens is 2. The van der Waals surface area contributed by atoms with E-state index in [1.54, 1.807) is 22.4 Å². The molecule has 34 heavy (non-hydrogen) atoms. The first-order chi connectivity index (χ1) is 16.3. The van der Waals surface area contributed by atoms with Crippen LogP contribution in [0, 0.1) is 18.6 Å². The number of rotatable bonds is 5. The summed E-state index contributed by atoms with van der Waals surface area (Å²) >= 11 is 0. The molecule has 0 radical (unpaired) electrons. The normalized spacial score (nSPS) is 16.0. The minimum atomic E-state index is -0.891. The average Bonchev–Trinajstić information content (AvgIpc) is 3.15. The summed E-state index contributed by atoms with van der Waals surface area (Å²) in [5.41, 5.74) is 1.69. The Morgan fingerprint density at radius 3 is 2.68 bits per heavy atom. The molecule has 8 nitrogen and oxygen atoms in total. The minimum Gasteiger partial charge on any atom is -0.450 e. The molecule has 1 saturated heterocycles. The first kappa shape index (κ1) is 23.6. The van der Waals surface area contributed by atoms with Crippen molar-refractivity contribution >= 4 is 17.6 Å². The highest BCUT2D eigenvalue weighted by Gasteiger charge is 2.29. The molecule has 0 aliphatic carbocycles. The molecule has 0 spiro atoms. The number of nitrogens with one attached hydrogen (secondary N) is 1. The molecule has 1 aromatic carbocycles. The van der Waals surface area contributed by atoms with Crippen LogP contribution in [0.4, 0.5) is 13.6 Å². The van der Waals surface area contributed by atoms with Crippen LogP contribution in [-0.2, 0) is 15.9 Å². The molecule has 1 N–H and O–H groups in total. The summed E-state index contributed by atoms with van der Waals surface area (Å²) in [6, 6.07) is 5.68. The second-order valence-corrected chi connectivity index (χ2v) is 8.08. The van der Waals surface area contributed by atoms with Crippen molar-refractivity contribution in [2.24, 2.45) is 0 Å². The number of ether oxygens (including phenoxy) is 2. The van der Waals surface area contributed by atoms with Gasteiger partial charge in [0.2, 0.25) is 0 Å². The van der Waals surface area contributed by atoms with Crippen molar-refractivity contribution in [2.75, 3.05) is 33.4 Å². The third-order valence-corrected chi connectivity index (χ3v) is 5.73. The van der Waals surface area contributed by atoms with Gasteiger partial charge >= 0.3 is 6.09 Å². The first-order valence-electron chi connectivity index (χ1n) is 11.0. The maximum atomic E-state index is 15.1. The molecule has 2 amide bonds. The van der Waals surface area contributed by atoms with Crippen LogP contribution in [0.5, 0.6) is 0 Å². The van der Waals surface area contributed by atoms with E-state index in [1.165, 1.54) is 7.05 Å². The van der Waals surface area contributed by atoms with Gasteiger partial charge in [-0.25, -0.2) is 18.6 Å².